The number of carbonyl (C=O) groups excluding carboxylic acids is 1. The van der Waals surface area contributed by atoms with Crippen molar-refractivity contribution in [1.82, 2.24) is 15.3 Å². The maximum absolute atomic E-state index is 12.5. The minimum absolute atomic E-state index is 0.160. The van der Waals surface area contributed by atoms with Gasteiger partial charge < -0.3 is 20.5 Å². The van der Waals surface area contributed by atoms with Gasteiger partial charge in [-0.3, -0.25) is 9.78 Å². The van der Waals surface area contributed by atoms with Crippen LogP contribution in [-0.4, -0.2) is 28.8 Å². The quantitative estimate of drug-likeness (QED) is 0.585. The molecule has 4 rings (SSSR count). The smallest absolute Gasteiger partial charge is 0.491 e. The molecule has 0 fully saturated rings. The number of benzene rings is 1. The minimum atomic E-state index is -4.85. The van der Waals surface area contributed by atoms with Crippen molar-refractivity contribution in [3.05, 3.63) is 78.1 Å². The van der Waals surface area contributed by atoms with Crippen LogP contribution in [0.3, 0.4) is 0 Å². The van der Waals surface area contributed by atoms with Crippen LogP contribution >= 0.6 is 0 Å². The number of halogens is 4. The van der Waals surface area contributed by atoms with E-state index in [2.05, 4.69) is 20.0 Å². The molecule has 0 bridgehead atoms. The molecule has 2 aromatic heterocycles. The minimum Gasteiger partial charge on any atom is -0.491 e. The van der Waals surface area contributed by atoms with Gasteiger partial charge in [-0.25, -0.2) is 9.37 Å². The van der Waals surface area contributed by atoms with Crippen molar-refractivity contribution in [2.45, 2.75) is 18.8 Å². The second-order valence-corrected chi connectivity index (χ2v) is 6.50. The largest absolute Gasteiger partial charge is 0.573 e. The molecule has 1 aliphatic heterocycles. The summed E-state index contributed by atoms with van der Waals surface area (Å²) >= 11 is 0. The number of hydrogen-bond donors (Lipinski definition) is 2. The first-order valence-corrected chi connectivity index (χ1v) is 9.33. The maximum Gasteiger partial charge on any atom is 0.573 e. The normalized spacial score (nSPS) is 14.8. The Bertz CT molecular complexity index is 1060. The van der Waals surface area contributed by atoms with Gasteiger partial charge in [-0.1, -0.05) is 12.1 Å². The van der Waals surface area contributed by atoms with Crippen LogP contribution in [-0.2, 0) is 0 Å². The Balaban J connectivity index is 0.000000207. The summed E-state index contributed by atoms with van der Waals surface area (Å²) in [6.07, 6.45) is -1.01. The summed E-state index contributed by atoms with van der Waals surface area (Å²) in [5.74, 6) is -1.37. The van der Waals surface area contributed by atoms with E-state index >= 15 is 0 Å². The van der Waals surface area contributed by atoms with Gasteiger partial charge in [-0.2, -0.15) is 0 Å². The third-order valence-corrected chi connectivity index (χ3v) is 4.18. The van der Waals surface area contributed by atoms with Crippen molar-refractivity contribution < 1.29 is 31.8 Å². The molecule has 32 heavy (non-hydrogen) atoms. The first kappa shape index (κ1) is 22.8. The Morgan fingerprint density at radius 2 is 1.91 bits per heavy atom. The van der Waals surface area contributed by atoms with E-state index in [1.54, 1.807) is 18.3 Å². The predicted molar refractivity (Wildman–Crippen MR) is 106 cm³/mol. The fourth-order valence-electron chi connectivity index (χ4n) is 2.77. The average Bonchev–Trinajstić information content (AvgIpc) is 2.76. The third kappa shape index (κ3) is 6.30. The Morgan fingerprint density at radius 3 is 2.59 bits per heavy atom. The number of nitrogens with two attached hydrogens (primary N) is 1. The van der Waals surface area contributed by atoms with Gasteiger partial charge in [0.25, 0.3) is 5.91 Å². The van der Waals surface area contributed by atoms with E-state index in [1.165, 1.54) is 18.3 Å². The van der Waals surface area contributed by atoms with E-state index in [-0.39, 0.29) is 11.9 Å². The first-order chi connectivity index (χ1) is 15.2. The van der Waals surface area contributed by atoms with Crippen molar-refractivity contribution in [3.63, 3.8) is 0 Å². The summed E-state index contributed by atoms with van der Waals surface area (Å²) in [6, 6.07) is 11.1. The number of amides is 1. The molecule has 3 heterocycles. The topological polar surface area (TPSA) is 99.4 Å². The lowest BCUT2D eigenvalue weighted by atomic mass is 10.1. The first-order valence-electron chi connectivity index (χ1n) is 9.33. The van der Waals surface area contributed by atoms with Crippen LogP contribution in [0.15, 0.2) is 60.9 Å². The molecule has 0 radical (unpaired) electrons. The Labute approximate surface area is 180 Å². The molecule has 3 N–H and O–H groups in total. The number of carbonyl (C=O) groups is 1. The van der Waals surface area contributed by atoms with Gasteiger partial charge >= 0.3 is 6.36 Å². The van der Waals surface area contributed by atoms with E-state index in [0.29, 0.717) is 30.2 Å². The molecule has 168 valence electrons. The molecule has 0 unspecified atom stereocenters. The van der Waals surface area contributed by atoms with Crippen LogP contribution in [0.4, 0.5) is 23.2 Å². The molecule has 3 aromatic rings. The lowest BCUT2D eigenvalue weighted by Gasteiger charge is -2.25. The highest BCUT2D eigenvalue weighted by Crippen LogP contribution is 2.29. The van der Waals surface area contributed by atoms with Gasteiger partial charge in [0.1, 0.15) is 17.1 Å². The monoisotopic (exact) mass is 450 g/mol. The van der Waals surface area contributed by atoms with Gasteiger partial charge in [0, 0.05) is 12.6 Å². The van der Waals surface area contributed by atoms with Crippen molar-refractivity contribution >= 4 is 11.6 Å². The molecular formula is C21H18F4N4O3. The SMILES string of the molecule is Fc1ccccc1OC(F)(F)F.Nc1ccc(C(=O)N[C@@H]2CCOc3cccnc32)nc1. The van der Waals surface area contributed by atoms with Crippen LogP contribution in [0.25, 0.3) is 0 Å². The van der Waals surface area contributed by atoms with Gasteiger partial charge in [0.15, 0.2) is 11.6 Å². The Hall–Kier alpha value is -3.89. The van der Waals surface area contributed by atoms with Crippen LogP contribution < -0.4 is 20.5 Å². The van der Waals surface area contributed by atoms with Crippen molar-refractivity contribution in [2.24, 2.45) is 0 Å². The molecular weight excluding hydrogens is 432 g/mol. The van der Waals surface area contributed by atoms with Crippen LogP contribution in [0.5, 0.6) is 11.5 Å². The zero-order valence-electron chi connectivity index (χ0n) is 16.5. The molecule has 0 saturated heterocycles. The number of nitrogens with zero attached hydrogens (tertiary/aromatic N) is 2. The summed E-state index contributed by atoms with van der Waals surface area (Å²) < 4.78 is 56.0. The van der Waals surface area contributed by atoms with Gasteiger partial charge in [-0.15, -0.1) is 13.2 Å². The summed E-state index contributed by atoms with van der Waals surface area (Å²) in [5, 5.41) is 2.93. The molecule has 0 saturated carbocycles. The van der Waals surface area contributed by atoms with Gasteiger partial charge in [0.05, 0.1) is 24.5 Å². The Morgan fingerprint density at radius 1 is 1.12 bits per heavy atom. The second-order valence-electron chi connectivity index (χ2n) is 6.50. The van der Waals surface area contributed by atoms with E-state index < -0.39 is 17.9 Å². The number of anilines is 1. The van der Waals surface area contributed by atoms with Gasteiger partial charge in [0.2, 0.25) is 0 Å². The van der Waals surface area contributed by atoms with E-state index in [0.717, 1.165) is 17.8 Å². The number of hydrogen-bond acceptors (Lipinski definition) is 6. The number of rotatable bonds is 3. The lowest BCUT2D eigenvalue weighted by Crippen LogP contribution is -2.33. The average molecular weight is 450 g/mol. The molecule has 1 atom stereocenters. The fraction of sp³-hybridized carbons (Fsp3) is 0.190. The number of alkyl halides is 3. The lowest BCUT2D eigenvalue weighted by molar-refractivity contribution is -0.275. The van der Waals surface area contributed by atoms with Crippen LogP contribution in [0.1, 0.15) is 28.6 Å². The highest BCUT2D eigenvalue weighted by molar-refractivity contribution is 5.92. The molecule has 0 aliphatic carbocycles. The van der Waals surface area contributed by atoms with E-state index in [9.17, 15) is 22.4 Å². The summed E-state index contributed by atoms with van der Waals surface area (Å²) in [5.41, 5.74) is 7.17. The van der Waals surface area contributed by atoms with Crippen LogP contribution in [0.2, 0.25) is 0 Å². The van der Waals surface area contributed by atoms with Crippen molar-refractivity contribution in [2.75, 3.05) is 12.3 Å². The Kier molecular flexibility index (Phi) is 7.08. The third-order valence-electron chi connectivity index (χ3n) is 4.18. The summed E-state index contributed by atoms with van der Waals surface area (Å²) in [4.78, 5) is 20.4. The number of fused-ring (bicyclic) bond motifs is 1. The zero-order valence-corrected chi connectivity index (χ0v) is 16.5. The molecule has 7 nitrogen and oxygen atoms in total. The fourth-order valence-corrected chi connectivity index (χ4v) is 2.77. The molecule has 1 aliphatic rings. The molecule has 1 amide bonds. The van der Waals surface area contributed by atoms with Crippen molar-refractivity contribution in [3.8, 4) is 11.5 Å². The predicted octanol–water partition coefficient (Wildman–Crippen LogP) is 4.04. The van der Waals surface area contributed by atoms with Crippen LogP contribution in [0, 0.1) is 5.82 Å². The highest BCUT2D eigenvalue weighted by Gasteiger charge is 2.32. The standard InChI is InChI=1S/C14H14N4O2.C7H4F4O/c15-9-3-4-11(17-8-9)14(19)18-10-5-7-20-12-2-1-6-16-13(10)12;8-5-3-1-2-4-6(5)12-7(9,10)11/h1-4,6,8,10H,5,7,15H2,(H,18,19);1-4H/t10-;/m1./s1. The zero-order chi connectivity index (χ0) is 23.1. The molecule has 1 aromatic carbocycles. The second kappa shape index (κ2) is 9.94. The van der Waals surface area contributed by atoms with E-state index in [4.69, 9.17) is 10.5 Å². The number of nitrogens with one attached hydrogen (secondary N) is 1. The number of para-hydroxylation sites is 1. The highest BCUT2D eigenvalue weighted by atomic mass is 19.4. The van der Waals surface area contributed by atoms with Gasteiger partial charge in [-0.05, 0) is 36.4 Å². The number of nitrogen functional groups attached to an aromatic ring is 1. The molecule has 11 heteroatoms. The molecule has 0 spiro atoms. The number of aromatic nitrogens is 2. The number of ether oxygens (including phenoxy) is 2. The summed E-state index contributed by atoms with van der Waals surface area (Å²) in [7, 11) is 0. The summed E-state index contributed by atoms with van der Waals surface area (Å²) in [6.45, 7) is 0.554. The maximum atomic E-state index is 12.5. The number of pyridine rings is 2. The van der Waals surface area contributed by atoms with E-state index in [1.807, 2.05) is 12.1 Å². The van der Waals surface area contributed by atoms with Crippen molar-refractivity contribution in [1.29, 1.82) is 0 Å².